The zero-order valence-electron chi connectivity index (χ0n) is 10.5. The normalized spacial score (nSPS) is 24.4. The molecule has 90 valence electrons. The first-order valence-electron chi connectivity index (χ1n) is 6.20. The molecule has 0 saturated carbocycles. The zero-order chi connectivity index (χ0) is 11.1. The minimum absolute atomic E-state index is 0.718. The molecule has 0 amide bonds. The standard InChI is InChI=1S/C12H26N2S/c1-11(2)14-8-4-5-12(6-9-14)13-7-10-15-3/h11-13H,4-10H2,1-3H3. The highest BCUT2D eigenvalue weighted by Crippen LogP contribution is 2.13. The van der Waals surface area contributed by atoms with Crippen molar-refractivity contribution in [3.63, 3.8) is 0 Å². The summed E-state index contributed by atoms with van der Waals surface area (Å²) in [7, 11) is 0. The molecule has 1 fully saturated rings. The van der Waals surface area contributed by atoms with Crippen LogP contribution in [0.3, 0.4) is 0 Å². The van der Waals surface area contributed by atoms with E-state index >= 15 is 0 Å². The number of likely N-dealkylation sites (tertiary alicyclic amines) is 1. The van der Waals surface area contributed by atoms with E-state index in [0.29, 0.717) is 0 Å². The SMILES string of the molecule is CSCCNC1CCCN(C(C)C)CC1. The molecule has 0 aromatic heterocycles. The first kappa shape index (κ1) is 13.3. The molecule has 1 rings (SSSR count). The summed E-state index contributed by atoms with van der Waals surface area (Å²) in [6, 6.07) is 1.48. The van der Waals surface area contributed by atoms with Crippen LogP contribution < -0.4 is 5.32 Å². The van der Waals surface area contributed by atoms with Gasteiger partial charge in [-0.15, -0.1) is 0 Å². The third kappa shape index (κ3) is 5.23. The van der Waals surface area contributed by atoms with Gasteiger partial charge in [-0.25, -0.2) is 0 Å². The molecule has 1 N–H and O–H groups in total. The van der Waals surface area contributed by atoms with Crippen molar-refractivity contribution in [3.8, 4) is 0 Å². The van der Waals surface area contributed by atoms with Crippen molar-refractivity contribution >= 4 is 11.8 Å². The maximum atomic E-state index is 3.67. The molecule has 0 radical (unpaired) electrons. The van der Waals surface area contributed by atoms with Crippen LogP contribution >= 0.6 is 11.8 Å². The van der Waals surface area contributed by atoms with Crippen LogP contribution in [-0.2, 0) is 0 Å². The molecular weight excluding hydrogens is 204 g/mol. The molecule has 1 unspecified atom stereocenters. The smallest absolute Gasteiger partial charge is 0.00800 e. The van der Waals surface area contributed by atoms with E-state index in [1.54, 1.807) is 0 Å². The highest BCUT2D eigenvalue weighted by atomic mass is 32.2. The van der Waals surface area contributed by atoms with Crippen molar-refractivity contribution in [3.05, 3.63) is 0 Å². The van der Waals surface area contributed by atoms with Gasteiger partial charge in [0.25, 0.3) is 0 Å². The Kier molecular flexibility index (Phi) is 6.69. The van der Waals surface area contributed by atoms with Crippen molar-refractivity contribution < 1.29 is 0 Å². The summed E-state index contributed by atoms with van der Waals surface area (Å²) < 4.78 is 0. The number of thioether (sulfide) groups is 1. The van der Waals surface area contributed by atoms with Gasteiger partial charge in [-0.05, 0) is 52.5 Å². The van der Waals surface area contributed by atoms with Crippen molar-refractivity contribution in [1.82, 2.24) is 10.2 Å². The van der Waals surface area contributed by atoms with Crippen LogP contribution in [0, 0.1) is 0 Å². The van der Waals surface area contributed by atoms with Crippen molar-refractivity contribution in [2.45, 2.75) is 45.2 Å². The summed E-state index contributed by atoms with van der Waals surface area (Å²) in [6.07, 6.45) is 6.22. The lowest BCUT2D eigenvalue weighted by molar-refractivity contribution is 0.229. The van der Waals surface area contributed by atoms with Crippen LogP contribution in [0.4, 0.5) is 0 Å². The van der Waals surface area contributed by atoms with Crippen LogP contribution in [0.5, 0.6) is 0 Å². The fourth-order valence-electron chi connectivity index (χ4n) is 2.20. The summed E-state index contributed by atoms with van der Waals surface area (Å²) in [6.45, 7) is 8.35. The number of rotatable bonds is 5. The van der Waals surface area contributed by atoms with Crippen LogP contribution in [0.25, 0.3) is 0 Å². The minimum atomic E-state index is 0.718. The van der Waals surface area contributed by atoms with E-state index in [1.165, 1.54) is 44.6 Å². The molecule has 1 saturated heterocycles. The van der Waals surface area contributed by atoms with Gasteiger partial charge in [0, 0.05) is 24.4 Å². The van der Waals surface area contributed by atoms with Crippen LogP contribution in [-0.4, -0.2) is 48.6 Å². The lowest BCUT2D eigenvalue weighted by atomic mass is 10.1. The van der Waals surface area contributed by atoms with Gasteiger partial charge in [-0.1, -0.05) is 0 Å². The maximum Gasteiger partial charge on any atom is 0.00800 e. The molecule has 3 heteroatoms. The third-order valence-electron chi connectivity index (χ3n) is 3.23. The second-order valence-electron chi connectivity index (χ2n) is 4.70. The molecule has 1 atom stereocenters. The van der Waals surface area contributed by atoms with E-state index in [2.05, 4.69) is 30.3 Å². The van der Waals surface area contributed by atoms with Crippen LogP contribution in [0.15, 0.2) is 0 Å². The van der Waals surface area contributed by atoms with Crippen LogP contribution in [0.2, 0.25) is 0 Å². The first-order chi connectivity index (χ1) is 7.24. The topological polar surface area (TPSA) is 15.3 Å². The molecule has 0 aromatic rings. The van der Waals surface area contributed by atoms with Crippen molar-refractivity contribution in [2.24, 2.45) is 0 Å². The second-order valence-corrected chi connectivity index (χ2v) is 5.69. The molecule has 15 heavy (non-hydrogen) atoms. The van der Waals surface area contributed by atoms with E-state index in [1.807, 2.05) is 11.8 Å². The van der Waals surface area contributed by atoms with E-state index in [0.717, 1.165) is 12.1 Å². The number of nitrogens with zero attached hydrogens (tertiary/aromatic N) is 1. The summed E-state index contributed by atoms with van der Waals surface area (Å²) >= 11 is 1.93. The Balaban J connectivity index is 2.20. The predicted molar refractivity (Wildman–Crippen MR) is 70.7 cm³/mol. The molecule has 1 heterocycles. The summed E-state index contributed by atoms with van der Waals surface area (Å²) in [5.41, 5.74) is 0. The average Bonchev–Trinajstić information content (AvgIpc) is 2.44. The Morgan fingerprint density at radius 3 is 2.80 bits per heavy atom. The summed E-state index contributed by atoms with van der Waals surface area (Å²) in [4.78, 5) is 2.61. The molecule has 1 aliphatic heterocycles. The maximum absolute atomic E-state index is 3.67. The van der Waals surface area contributed by atoms with Crippen LogP contribution in [0.1, 0.15) is 33.1 Å². The predicted octanol–water partition coefficient (Wildman–Crippen LogP) is 2.20. The lowest BCUT2D eigenvalue weighted by Crippen LogP contribution is -2.34. The van der Waals surface area contributed by atoms with Gasteiger partial charge in [0.2, 0.25) is 0 Å². The Hall–Kier alpha value is 0.270. The van der Waals surface area contributed by atoms with E-state index < -0.39 is 0 Å². The van der Waals surface area contributed by atoms with Gasteiger partial charge in [-0.2, -0.15) is 11.8 Å². The largest absolute Gasteiger partial charge is 0.313 e. The fraction of sp³-hybridized carbons (Fsp3) is 1.00. The number of hydrogen-bond acceptors (Lipinski definition) is 3. The lowest BCUT2D eigenvalue weighted by Gasteiger charge is -2.24. The Labute approximate surface area is 99.2 Å². The highest BCUT2D eigenvalue weighted by Gasteiger charge is 2.17. The van der Waals surface area contributed by atoms with Gasteiger partial charge in [0.05, 0.1) is 0 Å². The average molecular weight is 230 g/mol. The molecular formula is C12H26N2S. The van der Waals surface area contributed by atoms with Gasteiger partial charge in [0.15, 0.2) is 0 Å². The van der Waals surface area contributed by atoms with Crippen molar-refractivity contribution in [2.75, 3.05) is 31.6 Å². The molecule has 0 aliphatic carbocycles. The Morgan fingerprint density at radius 1 is 1.33 bits per heavy atom. The van der Waals surface area contributed by atoms with E-state index in [-0.39, 0.29) is 0 Å². The van der Waals surface area contributed by atoms with Gasteiger partial charge in [0.1, 0.15) is 0 Å². The second kappa shape index (κ2) is 7.53. The van der Waals surface area contributed by atoms with Crippen molar-refractivity contribution in [1.29, 1.82) is 0 Å². The molecule has 1 aliphatic rings. The molecule has 0 bridgehead atoms. The molecule has 0 aromatic carbocycles. The third-order valence-corrected chi connectivity index (χ3v) is 3.84. The number of hydrogen-bond donors (Lipinski definition) is 1. The Morgan fingerprint density at radius 2 is 2.13 bits per heavy atom. The van der Waals surface area contributed by atoms with Gasteiger partial charge in [-0.3, -0.25) is 0 Å². The Bertz CT molecular complexity index is 162. The summed E-state index contributed by atoms with van der Waals surface area (Å²) in [5.74, 6) is 1.24. The first-order valence-corrected chi connectivity index (χ1v) is 7.59. The quantitative estimate of drug-likeness (QED) is 0.729. The number of nitrogens with one attached hydrogen (secondary N) is 1. The minimum Gasteiger partial charge on any atom is -0.313 e. The molecule has 0 spiro atoms. The van der Waals surface area contributed by atoms with E-state index in [9.17, 15) is 0 Å². The zero-order valence-corrected chi connectivity index (χ0v) is 11.3. The monoisotopic (exact) mass is 230 g/mol. The summed E-state index contributed by atoms with van der Waals surface area (Å²) in [5, 5.41) is 3.67. The molecule has 2 nitrogen and oxygen atoms in total. The van der Waals surface area contributed by atoms with E-state index in [4.69, 9.17) is 0 Å². The fourth-order valence-corrected chi connectivity index (χ4v) is 2.53. The highest BCUT2D eigenvalue weighted by molar-refractivity contribution is 7.98. The van der Waals surface area contributed by atoms with Gasteiger partial charge >= 0.3 is 0 Å². The van der Waals surface area contributed by atoms with Gasteiger partial charge < -0.3 is 10.2 Å².